The van der Waals surface area contributed by atoms with Crippen molar-refractivity contribution in [1.82, 2.24) is 5.32 Å². The van der Waals surface area contributed by atoms with Crippen LogP contribution < -0.4 is 10.1 Å². The summed E-state index contributed by atoms with van der Waals surface area (Å²) < 4.78 is 10.3. The van der Waals surface area contributed by atoms with Crippen molar-refractivity contribution in [3.05, 3.63) is 77.9 Å². The van der Waals surface area contributed by atoms with Crippen LogP contribution in [0.1, 0.15) is 20.7 Å². The van der Waals surface area contributed by atoms with Gasteiger partial charge in [0, 0.05) is 5.56 Å². The number of benzene rings is 3. The number of imide groups is 1. The van der Waals surface area contributed by atoms with Crippen molar-refractivity contribution in [3.63, 3.8) is 0 Å². The first-order valence-electron chi connectivity index (χ1n) is 8.21. The van der Waals surface area contributed by atoms with Crippen LogP contribution >= 0.6 is 0 Å². The molecule has 0 saturated carbocycles. The third-order valence-electron chi connectivity index (χ3n) is 3.91. The van der Waals surface area contributed by atoms with Crippen LogP contribution in [0.3, 0.4) is 0 Å². The minimum Gasteiger partial charge on any atom is -0.496 e. The molecule has 3 aromatic rings. The number of carbonyl (C=O) groups excluding carboxylic acids is 3. The molecule has 0 saturated heterocycles. The van der Waals surface area contributed by atoms with Crippen LogP contribution in [0.2, 0.25) is 0 Å². The van der Waals surface area contributed by atoms with Crippen LogP contribution in [0.4, 0.5) is 0 Å². The van der Waals surface area contributed by atoms with Crippen molar-refractivity contribution >= 4 is 28.6 Å². The minimum absolute atomic E-state index is 0.207. The Morgan fingerprint density at radius 1 is 0.889 bits per heavy atom. The van der Waals surface area contributed by atoms with Crippen molar-refractivity contribution in [2.24, 2.45) is 0 Å². The van der Waals surface area contributed by atoms with Crippen LogP contribution in [0.5, 0.6) is 5.75 Å². The Bertz CT molecular complexity index is 998. The van der Waals surface area contributed by atoms with E-state index in [0.717, 1.165) is 10.8 Å². The molecule has 0 fully saturated rings. The molecule has 3 aromatic carbocycles. The lowest BCUT2D eigenvalue weighted by molar-refractivity contribution is -0.123. The molecule has 0 bridgehead atoms. The molecule has 3 rings (SSSR count). The zero-order chi connectivity index (χ0) is 19.2. The molecule has 2 amide bonds. The highest BCUT2D eigenvalue weighted by Gasteiger charge is 2.17. The Labute approximate surface area is 155 Å². The largest absolute Gasteiger partial charge is 0.496 e. The molecule has 0 radical (unpaired) electrons. The summed E-state index contributed by atoms with van der Waals surface area (Å²) in [5.41, 5.74) is 0.548. The molecule has 6 heteroatoms. The second kappa shape index (κ2) is 8.14. The Balaban J connectivity index is 1.66. The van der Waals surface area contributed by atoms with Gasteiger partial charge in [-0.1, -0.05) is 42.5 Å². The summed E-state index contributed by atoms with van der Waals surface area (Å²) in [6, 6.07) is 19.2. The molecule has 0 heterocycles. The summed E-state index contributed by atoms with van der Waals surface area (Å²) in [4.78, 5) is 36.2. The van der Waals surface area contributed by atoms with Gasteiger partial charge in [0.25, 0.3) is 11.8 Å². The van der Waals surface area contributed by atoms with Crippen molar-refractivity contribution in [2.75, 3.05) is 13.7 Å². The van der Waals surface area contributed by atoms with Gasteiger partial charge in [-0.05, 0) is 35.0 Å². The maximum absolute atomic E-state index is 12.4. The van der Waals surface area contributed by atoms with Gasteiger partial charge in [-0.15, -0.1) is 0 Å². The van der Waals surface area contributed by atoms with Crippen LogP contribution in [0.25, 0.3) is 10.8 Å². The number of hydrogen-bond donors (Lipinski definition) is 1. The van der Waals surface area contributed by atoms with Gasteiger partial charge >= 0.3 is 5.97 Å². The topological polar surface area (TPSA) is 81.7 Å². The molecule has 0 aliphatic heterocycles. The SMILES string of the molecule is COc1cc2ccccc2cc1C(=O)OCC(=O)NC(=O)c1ccccc1. The molecular weight excluding hydrogens is 346 g/mol. The average Bonchev–Trinajstić information content (AvgIpc) is 2.71. The minimum atomic E-state index is -0.711. The number of esters is 1. The quantitative estimate of drug-likeness (QED) is 0.705. The van der Waals surface area contributed by atoms with Gasteiger partial charge in [0.2, 0.25) is 0 Å². The summed E-state index contributed by atoms with van der Waals surface area (Å²) in [5.74, 6) is -1.63. The van der Waals surface area contributed by atoms with Gasteiger partial charge in [-0.25, -0.2) is 4.79 Å². The summed E-state index contributed by atoms with van der Waals surface area (Å²) in [6.45, 7) is -0.576. The highest BCUT2D eigenvalue weighted by Crippen LogP contribution is 2.26. The Hall–Kier alpha value is -3.67. The predicted molar refractivity (Wildman–Crippen MR) is 99.7 cm³/mol. The Kier molecular flexibility index (Phi) is 5.47. The number of carbonyl (C=O) groups is 3. The lowest BCUT2D eigenvalue weighted by atomic mass is 10.1. The number of methoxy groups -OCH3 is 1. The van der Waals surface area contributed by atoms with Gasteiger partial charge < -0.3 is 9.47 Å². The summed E-state index contributed by atoms with van der Waals surface area (Å²) in [5, 5.41) is 3.93. The third kappa shape index (κ3) is 4.30. The maximum Gasteiger partial charge on any atom is 0.342 e. The van der Waals surface area contributed by atoms with Gasteiger partial charge in [0.15, 0.2) is 6.61 Å². The first-order valence-corrected chi connectivity index (χ1v) is 8.21. The maximum atomic E-state index is 12.4. The second-order valence-corrected chi connectivity index (χ2v) is 5.72. The summed E-state index contributed by atoms with van der Waals surface area (Å²) >= 11 is 0. The second-order valence-electron chi connectivity index (χ2n) is 5.72. The molecule has 1 N–H and O–H groups in total. The fourth-order valence-corrected chi connectivity index (χ4v) is 2.58. The van der Waals surface area contributed by atoms with E-state index in [2.05, 4.69) is 5.32 Å². The Morgan fingerprint density at radius 2 is 1.52 bits per heavy atom. The number of ether oxygens (including phenoxy) is 2. The molecule has 0 atom stereocenters. The van der Waals surface area contributed by atoms with Crippen LogP contribution in [0.15, 0.2) is 66.7 Å². The molecular formula is C21H17NO5. The van der Waals surface area contributed by atoms with Gasteiger partial charge in [0.1, 0.15) is 11.3 Å². The van der Waals surface area contributed by atoms with Crippen LogP contribution in [0, 0.1) is 0 Å². The van der Waals surface area contributed by atoms with E-state index in [4.69, 9.17) is 9.47 Å². The van der Waals surface area contributed by atoms with Crippen LogP contribution in [-0.4, -0.2) is 31.5 Å². The van der Waals surface area contributed by atoms with E-state index in [9.17, 15) is 14.4 Å². The lowest BCUT2D eigenvalue weighted by Gasteiger charge is -2.10. The normalized spacial score (nSPS) is 10.3. The number of amides is 2. The lowest BCUT2D eigenvalue weighted by Crippen LogP contribution is -2.34. The average molecular weight is 363 g/mol. The van der Waals surface area contributed by atoms with Crippen molar-refractivity contribution in [2.45, 2.75) is 0 Å². The van der Waals surface area contributed by atoms with Gasteiger partial charge in [-0.3, -0.25) is 14.9 Å². The highest BCUT2D eigenvalue weighted by atomic mass is 16.5. The van der Waals surface area contributed by atoms with Crippen molar-refractivity contribution in [3.8, 4) is 5.75 Å². The fraction of sp³-hybridized carbons (Fsp3) is 0.0952. The highest BCUT2D eigenvalue weighted by molar-refractivity contribution is 6.06. The first-order chi connectivity index (χ1) is 13.1. The van der Waals surface area contributed by atoms with Crippen molar-refractivity contribution in [1.29, 1.82) is 0 Å². The van der Waals surface area contributed by atoms with E-state index < -0.39 is 24.4 Å². The zero-order valence-electron chi connectivity index (χ0n) is 14.6. The molecule has 27 heavy (non-hydrogen) atoms. The monoisotopic (exact) mass is 363 g/mol. The third-order valence-corrected chi connectivity index (χ3v) is 3.91. The molecule has 6 nitrogen and oxygen atoms in total. The number of rotatable bonds is 5. The predicted octanol–water partition coefficient (Wildman–Crippen LogP) is 2.96. The van der Waals surface area contributed by atoms with Gasteiger partial charge in [0.05, 0.1) is 7.11 Å². The van der Waals surface area contributed by atoms with E-state index in [1.165, 1.54) is 7.11 Å². The first kappa shape index (κ1) is 18.1. The van der Waals surface area contributed by atoms with E-state index >= 15 is 0 Å². The molecule has 0 spiro atoms. The standard InChI is InChI=1S/C21H17NO5/c1-26-18-12-16-10-6-5-9-15(16)11-17(18)21(25)27-13-19(23)22-20(24)14-7-3-2-4-8-14/h2-12H,13H2,1H3,(H,22,23,24). The van der Waals surface area contributed by atoms with Crippen LogP contribution in [-0.2, 0) is 9.53 Å². The molecule has 0 aliphatic carbocycles. The van der Waals surface area contributed by atoms with Gasteiger partial charge in [-0.2, -0.15) is 0 Å². The van der Waals surface area contributed by atoms with E-state index in [1.807, 2.05) is 24.3 Å². The molecule has 136 valence electrons. The Morgan fingerprint density at radius 3 is 2.19 bits per heavy atom. The zero-order valence-corrected chi connectivity index (χ0v) is 14.6. The summed E-state index contributed by atoms with van der Waals surface area (Å²) in [6.07, 6.45) is 0. The smallest absolute Gasteiger partial charge is 0.342 e. The number of hydrogen-bond acceptors (Lipinski definition) is 5. The number of fused-ring (bicyclic) bond motifs is 1. The fourth-order valence-electron chi connectivity index (χ4n) is 2.58. The molecule has 0 aromatic heterocycles. The van der Waals surface area contributed by atoms with Crippen molar-refractivity contribution < 1.29 is 23.9 Å². The van der Waals surface area contributed by atoms with E-state index in [0.29, 0.717) is 11.3 Å². The van der Waals surface area contributed by atoms with E-state index in [-0.39, 0.29) is 5.56 Å². The molecule has 0 unspecified atom stereocenters. The molecule has 0 aliphatic rings. The number of nitrogens with one attached hydrogen (secondary N) is 1. The summed E-state index contributed by atoms with van der Waals surface area (Å²) in [7, 11) is 1.45. The van der Waals surface area contributed by atoms with E-state index in [1.54, 1.807) is 42.5 Å².